The van der Waals surface area contributed by atoms with Gasteiger partial charge in [-0.25, -0.2) is 4.79 Å². The maximum absolute atomic E-state index is 11.6. The molecule has 5 nitrogen and oxygen atoms in total. The van der Waals surface area contributed by atoms with Crippen molar-refractivity contribution in [2.75, 3.05) is 11.9 Å². The van der Waals surface area contributed by atoms with Crippen LogP contribution >= 0.6 is 0 Å². The van der Waals surface area contributed by atoms with E-state index in [2.05, 4.69) is 27.4 Å². The second-order valence-corrected chi connectivity index (χ2v) is 4.63. The van der Waals surface area contributed by atoms with Gasteiger partial charge in [0.05, 0.1) is 5.56 Å². The minimum absolute atomic E-state index is 0.318. The van der Waals surface area contributed by atoms with Crippen molar-refractivity contribution in [1.82, 2.24) is 9.97 Å². The molecule has 0 atom stereocenters. The molecule has 0 aliphatic heterocycles. The van der Waals surface area contributed by atoms with Crippen LogP contribution in [0.5, 0.6) is 0 Å². The molecule has 1 aromatic carbocycles. The largest absolute Gasteiger partial charge is 0.371 e. The number of aryl methyl sites for hydroxylation is 1. The number of hydrogen-bond acceptors (Lipinski definition) is 3. The van der Waals surface area contributed by atoms with Crippen molar-refractivity contribution in [3.63, 3.8) is 0 Å². The first-order valence-electron chi connectivity index (χ1n) is 6.84. The molecule has 3 N–H and O–H groups in total. The molecule has 2 aromatic rings. The van der Waals surface area contributed by atoms with Gasteiger partial charge in [-0.2, -0.15) is 0 Å². The Morgan fingerprint density at radius 3 is 2.55 bits per heavy atom. The maximum atomic E-state index is 11.6. The third-order valence-electron chi connectivity index (χ3n) is 3.18. The van der Waals surface area contributed by atoms with Crippen LogP contribution in [0.15, 0.2) is 39.9 Å². The summed E-state index contributed by atoms with van der Waals surface area (Å²) < 4.78 is 0. The Hall–Kier alpha value is -2.30. The van der Waals surface area contributed by atoms with Crippen molar-refractivity contribution in [2.45, 2.75) is 26.2 Å². The Balaban J connectivity index is 1.94. The number of benzene rings is 1. The van der Waals surface area contributed by atoms with Gasteiger partial charge in [-0.1, -0.05) is 37.3 Å². The number of nitrogens with one attached hydrogen (secondary N) is 3. The molecule has 0 unspecified atom stereocenters. The minimum Gasteiger partial charge on any atom is -0.371 e. The zero-order chi connectivity index (χ0) is 14.4. The summed E-state index contributed by atoms with van der Waals surface area (Å²) in [5.41, 5.74) is 1.08. The molecule has 0 aliphatic carbocycles. The Labute approximate surface area is 117 Å². The Kier molecular flexibility index (Phi) is 4.76. The second kappa shape index (κ2) is 6.75. The van der Waals surface area contributed by atoms with Crippen LogP contribution in [-0.4, -0.2) is 16.5 Å². The molecule has 0 aliphatic rings. The molecule has 0 fully saturated rings. The van der Waals surface area contributed by atoms with Crippen LogP contribution in [0.1, 0.15) is 24.5 Å². The smallest absolute Gasteiger partial charge is 0.327 e. The average molecular weight is 273 g/mol. The number of hydrogen-bond donors (Lipinski definition) is 3. The highest BCUT2D eigenvalue weighted by atomic mass is 16.2. The van der Waals surface area contributed by atoms with Gasteiger partial charge in [0.25, 0.3) is 5.56 Å². The van der Waals surface area contributed by atoms with Crippen LogP contribution in [0.3, 0.4) is 0 Å². The monoisotopic (exact) mass is 273 g/mol. The van der Waals surface area contributed by atoms with Crippen LogP contribution in [-0.2, 0) is 12.8 Å². The number of H-pyrrole nitrogens is 2. The highest BCUT2D eigenvalue weighted by molar-refractivity contribution is 5.41. The molecule has 0 saturated carbocycles. The van der Waals surface area contributed by atoms with E-state index in [9.17, 15) is 9.59 Å². The summed E-state index contributed by atoms with van der Waals surface area (Å²) in [6, 6.07) is 10.2. The zero-order valence-electron chi connectivity index (χ0n) is 11.5. The first kappa shape index (κ1) is 14.1. The van der Waals surface area contributed by atoms with E-state index in [1.54, 1.807) is 0 Å². The molecule has 0 radical (unpaired) electrons. The Morgan fingerprint density at radius 1 is 1.10 bits per heavy atom. The van der Waals surface area contributed by atoms with E-state index in [4.69, 9.17) is 0 Å². The highest BCUT2D eigenvalue weighted by Gasteiger charge is 2.06. The predicted molar refractivity (Wildman–Crippen MR) is 80.3 cm³/mol. The number of aromatic amines is 2. The summed E-state index contributed by atoms with van der Waals surface area (Å²) in [5.74, 6) is 0.536. The van der Waals surface area contributed by atoms with Gasteiger partial charge in [0.1, 0.15) is 5.82 Å². The van der Waals surface area contributed by atoms with E-state index in [0.29, 0.717) is 24.3 Å². The molecule has 0 saturated heterocycles. The van der Waals surface area contributed by atoms with Gasteiger partial charge in [0.15, 0.2) is 0 Å². The summed E-state index contributed by atoms with van der Waals surface area (Å²) in [4.78, 5) is 27.8. The summed E-state index contributed by atoms with van der Waals surface area (Å²) in [6.07, 6.45) is 2.47. The van der Waals surface area contributed by atoms with Crippen LogP contribution in [0, 0.1) is 0 Å². The van der Waals surface area contributed by atoms with Crippen LogP contribution < -0.4 is 16.6 Å². The second-order valence-electron chi connectivity index (χ2n) is 4.63. The van der Waals surface area contributed by atoms with Gasteiger partial charge >= 0.3 is 5.69 Å². The number of rotatable bonds is 6. The zero-order valence-corrected chi connectivity index (χ0v) is 11.5. The van der Waals surface area contributed by atoms with Crippen LogP contribution in [0.25, 0.3) is 0 Å². The number of aromatic nitrogens is 2. The maximum Gasteiger partial charge on any atom is 0.327 e. The molecule has 20 heavy (non-hydrogen) atoms. The van der Waals surface area contributed by atoms with E-state index in [-0.39, 0.29) is 5.56 Å². The van der Waals surface area contributed by atoms with Gasteiger partial charge in [0, 0.05) is 6.54 Å². The van der Waals surface area contributed by atoms with E-state index in [0.717, 1.165) is 12.8 Å². The SMILES string of the molecule is CCc1c(NCCCc2ccccc2)[nH]c(=O)[nH]c1=O. The lowest BCUT2D eigenvalue weighted by atomic mass is 10.1. The van der Waals surface area contributed by atoms with Gasteiger partial charge in [-0.15, -0.1) is 0 Å². The fourth-order valence-electron chi connectivity index (χ4n) is 2.15. The molecular weight excluding hydrogens is 254 g/mol. The molecule has 106 valence electrons. The fraction of sp³-hybridized carbons (Fsp3) is 0.333. The van der Waals surface area contributed by atoms with Crippen LogP contribution in [0.4, 0.5) is 5.82 Å². The molecule has 5 heteroatoms. The van der Waals surface area contributed by atoms with Crippen LogP contribution in [0.2, 0.25) is 0 Å². The van der Waals surface area contributed by atoms with Gasteiger partial charge < -0.3 is 5.32 Å². The highest BCUT2D eigenvalue weighted by Crippen LogP contribution is 2.07. The van der Waals surface area contributed by atoms with Crippen molar-refractivity contribution in [1.29, 1.82) is 0 Å². The topological polar surface area (TPSA) is 77.8 Å². The fourth-order valence-corrected chi connectivity index (χ4v) is 2.15. The predicted octanol–water partition coefficient (Wildman–Crippen LogP) is 1.67. The lowest BCUT2D eigenvalue weighted by molar-refractivity contribution is 0.848. The average Bonchev–Trinajstić information content (AvgIpc) is 2.44. The molecule has 2 rings (SSSR count). The van der Waals surface area contributed by atoms with E-state index < -0.39 is 5.69 Å². The lowest BCUT2D eigenvalue weighted by Crippen LogP contribution is -2.27. The van der Waals surface area contributed by atoms with Gasteiger partial charge in [-0.3, -0.25) is 14.8 Å². The third-order valence-corrected chi connectivity index (χ3v) is 3.18. The van der Waals surface area contributed by atoms with Crippen molar-refractivity contribution in [2.24, 2.45) is 0 Å². The molecule has 1 heterocycles. The Morgan fingerprint density at radius 2 is 1.85 bits per heavy atom. The quantitative estimate of drug-likeness (QED) is 0.701. The summed E-state index contributed by atoms with van der Waals surface area (Å²) >= 11 is 0. The lowest BCUT2D eigenvalue weighted by Gasteiger charge is -2.09. The molecule has 1 aromatic heterocycles. The van der Waals surface area contributed by atoms with Crippen molar-refractivity contribution in [3.8, 4) is 0 Å². The molecule has 0 bridgehead atoms. The summed E-state index contributed by atoms with van der Waals surface area (Å²) in [5, 5.41) is 3.14. The molecule has 0 amide bonds. The molecular formula is C15H19N3O2. The minimum atomic E-state index is -0.474. The molecule has 0 spiro atoms. The first-order valence-corrected chi connectivity index (χ1v) is 6.84. The Bertz CT molecular complexity index is 659. The van der Waals surface area contributed by atoms with Gasteiger partial charge in [0.2, 0.25) is 0 Å². The third kappa shape index (κ3) is 3.60. The number of anilines is 1. The van der Waals surface area contributed by atoms with Crippen molar-refractivity contribution < 1.29 is 0 Å². The van der Waals surface area contributed by atoms with Crippen molar-refractivity contribution in [3.05, 3.63) is 62.3 Å². The summed E-state index contributed by atoms with van der Waals surface area (Å²) in [7, 11) is 0. The standard InChI is InChI=1S/C15H19N3O2/c1-2-12-13(17-15(20)18-14(12)19)16-10-6-9-11-7-4-3-5-8-11/h3-5,7-8H,2,6,9-10H2,1H3,(H3,16,17,18,19,20). The van der Waals surface area contributed by atoms with Crippen molar-refractivity contribution >= 4 is 5.82 Å². The summed E-state index contributed by atoms with van der Waals surface area (Å²) in [6.45, 7) is 2.60. The normalized spacial score (nSPS) is 10.4. The van der Waals surface area contributed by atoms with E-state index >= 15 is 0 Å². The van der Waals surface area contributed by atoms with Gasteiger partial charge in [-0.05, 0) is 24.8 Å². The van der Waals surface area contributed by atoms with E-state index in [1.165, 1.54) is 5.56 Å². The first-order chi connectivity index (χ1) is 9.70. The van der Waals surface area contributed by atoms with E-state index in [1.807, 2.05) is 25.1 Å².